The third-order valence-corrected chi connectivity index (χ3v) is 4.32. The fraction of sp³-hybridized carbons (Fsp3) is 0.263. The van der Waals surface area contributed by atoms with Gasteiger partial charge in [0.05, 0.1) is 18.8 Å². The lowest BCUT2D eigenvalue weighted by Crippen LogP contribution is -2.31. The molecule has 0 aliphatic carbocycles. The van der Waals surface area contributed by atoms with Crippen LogP contribution in [-0.2, 0) is 7.05 Å². The highest BCUT2D eigenvalue weighted by Crippen LogP contribution is 2.21. The number of aliphatic hydroxyl groups is 1. The van der Waals surface area contributed by atoms with Crippen LogP contribution in [0.2, 0.25) is 0 Å². The van der Waals surface area contributed by atoms with Crippen LogP contribution in [0.3, 0.4) is 0 Å². The number of aryl methyl sites for hydroxylation is 3. The first kappa shape index (κ1) is 17.0. The molecule has 1 atom stereocenters. The van der Waals surface area contributed by atoms with E-state index in [9.17, 15) is 9.90 Å². The van der Waals surface area contributed by atoms with Crippen molar-refractivity contribution in [3.05, 3.63) is 71.2 Å². The van der Waals surface area contributed by atoms with E-state index in [1.54, 1.807) is 10.9 Å². The van der Waals surface area contributed by atoms with Crippen LogP contribution in [0.1, 0.15) is 33.4 Å². The second-order valence-corrected chi connectivity index (χ2v) is 6.08. The molecule has 3 rings (SSSR count). The summed E-state index contributed by atoms with van der Waals surface area (Å²) in [5, 5.41) is 16.8. The molecule has 3 aromatic rings. The predicted molar refractivity (Wildman–Crippen MR) is 95.7 cm³/mol. The SMILES string of the molecule is Cc1ccc(C)n1-c1c(C(=O)N[C@H](CO)c2ccccc2)cnn1C. The average Bonchev–Trinajstić information content (AvgIpc) is 3.15. The van der Waals surface area contributed by atoms with E-state index in [-0.39, 0.29) is 12.5 Å². The first-order valence-electron chi connectivity index (χ1n) is 8.17. The summed E-state index contributed by atoms with van der Waals surface area (Å²) in [5.74, 6) is 0.445. The minimum Gasteiger partial charge on any atom is -0.394 e. The highest BCUT2D eigenvalue weighted by atomic mass is 16.3. The zero-order valence-corrected chi connectivity index (χ0v) is 14.6. The van der Waals surface area contributed by atoms with E-state index in [1.807, 2.05) is 67.9 Å². The van der Waals surface area contributed by atoms with Crippen LogP contribution in [-0.4, -0.2) is 32.0 Å². The Morgan fingerprint density at radius 2 is 1.80 bits per heavy atom. The van der Waals surface area contributed by atoms with Crippen LogP contribution in [0.5, 0.6) is 0 Å². The van der Waals surface area contributed by atoms with Crippen LogP contribution >= 0.6 is 0 Å². The summed E-state index contributed by atoms with van der Waals surface area (Å²) in [4.78, 5) is 12.9. The fourth-order valence-electron chi connectivity index (χ4n) is 3.01. The summed E-state index contributed by atoms with van der Waals surface area (Å²) < 4.78 is 3.68. The number of benzene rings is 1. The molecule has 0 aliphatic heterocycles. The van der Waals surface area contributed by atoms with Gasteiger partial charge in [0, 0.05) is 18.4 Å². The number of hydrogen-bond acceptors (Lipinski definition) is 3. The second-order valence-electron chi connectivity index (χ2n) is 6.08. The first-order chi connectivity index (χ1) is 12.0. The molecule has 0 fully saturated rings. The van der Waals surface area contributed by atoms with Gasteiger partial charge >= 0.3 is 0 Å². The van der Waals surface area contributed by atoms with Crippen LogP contribution in [0.4, 0.5) is 0 Å². The van der Waals surface area contributed by atoms with Crippen molar-refractivity contribution in [2.24, 2.45) is 7.05 Å². The number of carbonyl (C=O) groups excluding carboxylic acids is 1. The van der Waals surface area contributed by atoms with E-state index in [4.69, 9.17) is 0 Å². The van der Waals surface area contributed by atoms with Gasteiger partial charge < -0.3 is 15.0 Å². The molecule has 25 heavy (non-hydrogen) atoms. The van der Waals surface area contributed by atoms with Crippen molar-refractivity contribution >= 4 is 5.91 Å². The largest absolute Gasteiger partial charge is 0.394 e. The molecule has 130 valence electrons. The summed E-state index contributed by atoms with van der Waals surface area (Å²) in [5.41, 5.74) is 3.38. The van der Waals surface area contributed by atoms with Gasteiger partial charge in [0.1, 0.15) is 11.4 Å². The Morgan fingerprint density at radius 1 is 1.16 bits per heavy atom. The molecule has 0 unspecified atom stereocenters. The van der Waals surface area contributed by atoms with Gasteiger partial charge in [-0.15, -0.1) is 0 Å². The lowest BCUT2D eigenvalue weighted by molar-refractivity contribution is 0.0916. The van der Waals surface area contributed by atoms with Gasteiger partial charge in [-0.2, -0.15) is 5.10 Å². The number of hydrogen-bond donors (Lipinski definition) is 2. The topological polar surface area (TPSA) is 72.1 Å². The minimum absolute atomic E-state index is 0.174. The molecule has 2 aromatic heterocycles. The number of rotatable bonds is 5. The lowest BCUT2D eigenvalue weighted by Gasteiger charge is -2.18. The lowest BCUT2D eigenvalue weighted by atomic mass is 10.1. The zero-order chi connectivity index (χ0) is 18.0. The summed E-state index contributed by atoms with van der Waals surface area (Å²) in [7, 11) is 1.81. The summed E-state index contributed by atoms with van der Waals surface area (Å²) >= 11 is 0. The highest BCUT2D eigenvalue weighted by Gasteiger charge is 2.22. The Bertz CT molecular complexity index is 861. The van der Waals surface area contributed by atoms with E-state index in [1.165, 1.54) is 0 Å². The van der Waals surface area contributed by atoms with Crippen molar-refractivity contribution in [3.63, 3.8) is 0 Å². The maximum atomic E-state index is 12.9. The van der Waals surface area contributed by atoms with Gasteiger partial charge in [-0.25, -0.2) is 0 Å². The highest BCUT2D eigenvalue weighted by molar-refractivity contribution is 5.97. The molecule has 2 heterocycles. The third-order valence-electron chi connectivity index (χ3n) is 4.32. The summed E-state index contributed by atoms with van der Waals surface area (Å²) in [6.45, 7) is 3.80. The quantitative estimate of drug-likeness (QED) is 0.750. The second kappa shape index (κ2) is 6.94. The van der Waals surface area contributed by atoms with E-state index in [2.05, 4.69) is 10.4 Å². The zero-order valence-electron chi connectivity index (χ0n) is 14.6. The van der Waals surface area contributed by atoms with Crippen molar-refractivity contribution in [2.45, 2.75) is 19.9 Å². The number of nitrogens with zero attached hydrogens (tertiary/aromatic N) is 3. The average molecular weight is 338 g/mol. The molecule has 0 saturated heterocycles. The molecule has 1 amide bonds. The molecular weight excluding hydrogens is 316 g/mol. The van der Waals surface area contributed by atoms with E-state index in [0.29, 0.717) is 11.4 Å². The number of aliphatic hydroxyl groups excluding tert-OH is 1. The number of amides is 1. The van der Waals surface area contributed by atoms with Gasteiger partial charge in [-0.3, -0.25) is 9.48 Å². The summed E-state index contributed by atoms with van der Waals surface area (Å²) in [6.07, 6.45) is 1.56. The number of carbonyl (C=O) groups is 1. The van der Waals surface area contributed by atoms with Crippen molar-refractivity contribution in [2.75, 3.05) is 6.61 Å². The molecule has 0 radical (unpaired) electrons. The minimum atomic E-state index is -0.464. The van der Waals surface area contributed by atoms with Gasteiger partial charge in [-0.1, -0.05) is 30.3 Å². The maximum absolute atomic E-state index is 12.9. The molecule has 0 saturated carbocycles. The van der Waals surface area contributed by atoms with Gasteiger partial charge in [0.25, 0.3) is 5.91 Å². The Labute approximate surface area is 146 Å². The van der Waals surface area contributed by atoms with Gasteiger partial charge in [0.15, 0.2) is 0 Å². The summed E-state index contributed by atoms with van der Waals surface area (Å²) in [6, 6.07) is 13.0. The van der Waals surface area contributed by atoms with Crippen molar-refractivity contribution < 1.29 is 9.90 Å². The smallest absolute Gasteiger partial charge is 0.257 e. The van der Waals surface area contributed by atoms with Crippen LogP contribution in [0, 0.1) is 13.8 Å². The van der Waals surface area contributed by atoms with Gasteiger partial charge in [-0.05, 0) is 31.5 Å². The first-order valence-corrected chi connectivity index (χ1v) is 8.17. The molecule has 1 aromatic carbocycles. The fourth-order valence-corrected chi connectivity index (χ4v) is 3.01. The predicted octanol–water partition coefficient (Wildman–Crippen LogP) is 2.29. The van der Waals surface area contributed by atoms with Crippen LogP contribution in [0.25, 0.3) is 5.82 Å². The van der Waals surface area contributed by atoms with E-state index >= 15 is 0 Å². The molecule has 6 heteroatoms. The van der Waals surface area contributed by atoms with E-state index in [0.717, 1.165) is 17.0 Å². The molecule has 0 spiro atoms. The Morgan fingerprint density at radius 3 is 2.40 bits per heavy atom. The van der Waals surface area contributed by atoms with Crippen molar-refractivity contribution in [1.29, 1.82) is 0 Å². The van der Waals surface area contributed by atoms with Gasteiger partial charge in [0.2, 0.25) is 0 Å². The third kappa shape index (κ3) is 3.21. The molecular formula is C19H22N4O2. The maximum Gasteiger partial charge on any atom is 0.257 e. The Balaban J connectivity index is 1.94. The number of aromatic nitrogens is 3. The van der Waals surface area contributed by atoms with Crippen molar-refractivity contribution in [3.8, 4) is 5.82 Å². The normalized spacial score (nSPS) is 12.2. The molecule has 2 N–H and O–H groups in total. The Hall–Kier alpha value is -2.86. The Kier molecular flexibility index (Phi) is 4.72. The van der Waals surface area contributed by atoms with Crippen LogP contribution < -0.4 is 5.32 Å². The standard InChI is InChI=1S/C19H22N4O2/c1-13-9-10-14(2)23(13)19-16(11-20-22(19)3)18(25)21-17(12-24)15-7-5-4-6-8-15/h4-11,17,24H,12H2,1-3H3,(H,21,25)/t17-/m1/s1. The molecule has 6 nitrogen and oxygen atoms in total. The van der Waals surface area contributed by atoms with E-state index < -0.39 is 6.04 Å². The molecule has 0 bridgehead atoms. The van der Waals surface area contributed by atoms with Crippen molar-refractivity contribution in [1.82, 2.24) is 19.7 Å². The molecule has 0 aliphatic rings. The number of nitrogens with one attached hydrogen (secondary N) is 1. The monoisotopic (exact) mass is 338 g/mol. The van der Waals surface area contributed by atoms with Crippen LogP contribution in [0.15, 0.2) is 48.7 Å².